The first-order chi connectivity index (χ1) is 11.3. The van der Waals surface area contributed by atoms with Gasteiger partial charge in [-0.15, -0.1) is 0 Å². The number of unbranched alkanes of at least 4 members (excludes halogenated alkanes) is 11. The second kappa shape index (κ2) is 19.0. The molecule has 0 aromatic carbocycles. The van der Waals surface area contributed by atoms with Gasteiger partial charge >= 0.3 is 5.97 Å². The molecule has 0 saturated carbocycles. The summed E-state index contributed by atoms with van der Waals surface area (Å²) in [6, 6.07) is 0. The van der Waals surface area contributed by atoms with Gasteiger partial charge < -0.3 is 5.11 Å². The summed E-state index contributed by atoms with van der Waals surface area (Å²) >= 11 is 0. The summed E-state index contributed by atoms with van der Waals surface area (Å²) in [5.41, 5.74) is 0. The number of carboxylic acid groups (broad SMARTS) is 1. The quantitative estimate of drug-likeness (QED) is 0.230. The molecule has 0 aliphatic heterocycles. The minimum atomic E-state index is -0.667. The van der Waals surface area contributed by atoms with Crippen LogP contribution in [-0.2, 0) is 4.79 Å². The van der Waals surface area contributed by atoms with Gasteiger partial charge in [-0.05, 0) is 57.8 Å². The normalized spacial score (nSPS) is 11.7. The van der Waals surface area contributed by atoms with Crippen molar-refractivity contribution < 1.29 is 9.90 Å². The van der Waals surface area contributed by atoms with Crippen LogP contribution in [0.25, 0.3) is 0 Å². The number of allylic oxidation sites excluding steroid dienone is 4. The molecule has 0 atom stereocenters. The predicted octanol–water partition coefficient (Wildman–Crippen LogP) is 7.05. The second-order valence-corrected chi connectivity index (χ2v) is 6.42. The largest absolute Gasteiger partial charge is 0.481 e. The van der Waals surface area contributed by atoms with Crippen LogP contribution in [0.2, 0.25) is 0 Å². The fourth-order valence-corrected chi connectivity index (χ4v) is 2.58. The Morgan fingerprint density at radius 3 is 1.52 bits per heavy atom. The number of aliphatic carboxylic acids is 1. The lowest BCUT2D eigenvalue weighted by molar-refractivity contribution is -0.137. The number of rotatable bonds is 17. The van der Waals surface area contributed by atoms with Crippen molar-refractivity contribution in [3.8, 4) is 0 Å². The van der Waals surface area contributed by atoms with Crippen LogP contribution in [0, 0.1) is 0 Å². The van der Waals surface area contributed by atoms with E-state index in [2.05, 4.69) is 31.2 Å². The molecule has 0 unspecified atom stereocenters. The molecule has 0 saturated heterocycles. The Balaban J connectivity index is 3.15. The van der Waals surface area contributed by atoms with Gasteiger partial charge in [0.2, 0.25) is 0 Å². The van der Waals surface area contributed by atoms with E-state index in [1.165, 1.54) is 77.0 Å². The van der Waals surface area contributed by atoms with E-state index in [9.17, 15) is 4.79 Å². The summed E-state index contributed by atoms with van der Waals surface area (Å²) in [6.07, 6.45) is 26.7. The summed E-state index contributed by atoms with van der Waals surface area (Å²) in [5.74, 6) is -0.667. The van der Waals surface area contributed by atoms with Gasteiger partial charge in [-0.25, -0.2) is 0 Å². The lowest BCUT2D eigenvalue weighted by atomic mass is 10.1. The Hall–Kier alpha value is -1.05. The van der Waals surface area contributed by atoms with Crippen molar-refractivity contribution in [3.05, 3.63) is 24.3 Å². The molecule has 23 heavy (non-hydrogen) atoms. The molecular weight excluding hydrogens is 284 g/mol. The Labute approximate surface area is 144 Å². The van der Waals surface area contributed by atoms with Crippen LogP contribution in [0.1, 0.15) is 103 Å². The number of carbonyl (C=O) groups is 1. The molecule has 1 N–H and O–H groups in total. The van der Waals surface area contributed by atoms with E-state index >= 15 is 0 Å². The Morgan fingerprint density at radius 2 is 1.04 bits per heavy atom. The zero-order valence-corrected chi connectivity index (χ0v) is 15.3. The summed E-state index contributed by atoms with van der Waals surface area (Å²) < 4.78 is 0. The van der Waals surface area contributed by atoms with Crippen LogP contribution in [-0.4, -0.2) is 11.1 Å². The molecule has 0 aromatic heterocycles. The lowest BCUT2D eigenvalue weighted by Gasteiger charge is -1.98. The van der Waals surface area contributed by atoms with Crippen molar-refractivity contribution in [1.82, 2.24) is 0 Å². The first-order valence-corrected chi connectivity index (χ1v) is 9.79. The highest BCUT2D eigenvalue weighted by Gasteiger charge is 1.95. The van der Waals surface area contributed by atoms with Crippen LogP contribution >= 0.6 is 0 Å². The van der Waals surface area contributed by atoms with E-state index in [0.29, 0.717) is 6.42 Å². The van der Waals surface area contributed by atoms with Crippen molar-refractivity contribution in [2.24, 2.45) is 0 Å². The fraction of sp³-hybridized carbons (Fsp3) is 0.762. The monoisotopic (exact) mass is 322 g/mol. The first kappa shape index (κ1) is 21.9. The van der Waals surface area contributed by atoms with Gasteiger partial charge in [0, 0.05) is 6.42 Å². The number of carboxylic acids is 1. The van der Waals surface area contributed by atoms with Gasteiger partial charge in [0.1, 0.15) is 0 Å². The first-order valence-electron chi connectivity index (χ1n) is 9.79. The molecule has 134 valence electrons. The van der Waals surface area contributed by atoms with Crippen molar-refractivity contribution in [2.45, 2.75) is 103 Å². The third kappa shape index (κ3) is 21.0. The highest BCUT2D eigenvalue weighted by atomic mass is 16.4. The topological polar surface area (TPSA) is 37.3 Å². The minimum Gasteiger partial charge on any atom is -0.481 e. The summed E-state index contributed by atoms with van der Waals surface area (Å²) in [7, 11) is 0. The van der Waals surface area contributed by atoms with Gasteiger partial charge in [0.25, 0.3) is 0 Å². The maximum Gasteiger partial charge on any atom is 0.303 e. The smallest absolute Gasteiger partial charge is 0.303 e. The molecule has 0 aromatic rings. The van der Waals surface area contributed by atoms with Gasteiger partial charge in [-0.3, -0.25) is 4.79 Å². The Morgan fingerprint density at radius 1 is 0.652 bits per heavy atom. The van der Waals surface area contributed by atoms with Gasteiger partial charge in [0.15, 0.2) is 0 Å². The third-order valence-electron chi connectivity index (χ3n) is 4.06. The Kier molecular flexibility index (Phi) is 18.1. The zero-order valence-electron chi connectivity index (χ0n) is 15.3. The van der Waals surface area contributed by atoms with Crippen molar-refractivity contribution in [1.29, 1.82) is 0 Å². The van der Waals surface area contributed by atoms with E-state index in [1.807, 2.05) is 0 Å². The molecule has 0 fully saturated rings. The molecule has 2 nitrogen and oxygen atoms in total. The second-order valence-electron chi connectivity index (χ2n) is 6.42. The standard InChI is InChI=1S/C21H38O2/c1-2-3-4-5-6-7-8-9-10-11-12-13-14-15-16-17-18-19-20-21(22)23/h6-7,12-13H,2-5,8-11,14-20H2,1H3,(H,22,23)/b7-6+,13-12+. The lowest BCUT2D eigenvalue weighted by Crippen LogP contribution is -1.93. The molecule has 2 heteroatoms. The molecular formula is C21H38O2. The summed E-state index contributed by atoms with van der Waals surface area (Å²) in [6.45, 7) is 2.25. The third-order valence-corrected chi connectivity index (χ3v) is 4.06. The van der Waals surface area contributed by atoms with Crippen molar-refractivity contribution >= 4 is 5.97 Å². The van der Waals surface area contributed by atoms with Gasteiger partial charge in [-0.2, -0.15) is 0 Å². The SMILES string of the molecule is CCCCC/C=C/CCCC/C=C/CCCCCCCC(=O)O. The number of hydrogen-bond donors (Lipinski definition) is 1. The molecule has 0 rings (SSSR count). The minimum absolute atomic E-state index is 0.327. The average Bonchev–Trinajstić information content (AvgIpc) is 2.53. The summed E-state index contributed by atoms with van der Waals surface area (Å²) in [5, 5.41) is 8.54. The van der Waals surface area contributed by atoms with Crippen molar-refractivity contribution in [2.75, 3.05) is 0 Å². The maximum atomic E-state index is 10.4. The highest BCUT2D eigenvalue weighted by molar-refractivity contribution is 5.66. The zero-order chi connectivity index (χ0) is 17.0. The number of hydrogen-bond acceptors (Lipinski definition) is 1. The van der Waals surface area contributed by atoms with E-state index in [4.69, 9.17) is 5.11 Å². The average molecular weight is 323 g/mol. The van der Waals surface area contributed by atoms with Crippen LogP contribution < -0.4 is 0 Å². The van der Waals surface area contributed by atoms with Gasteiger partial charge in [0.05, 0.1) is 0 Å². The van der Waals surface area contributed by atoms with Crippen molar-refractivity contribution in [3.63, 3.8) is 0 Å². The van der Waals surface area contributed by atoms with Crippen LogP contribution in [0.3, 0.4) is 0 Å². The molecule has 0 aliphatic carbocycles. The fourth-order valence-electron chi connectivity index (χ4n) is 2.58. The molecule has 0 amide bonds. The molecule has 0 spiro atoms. The van der Waals surface area contributed by atoms with Crippen LogP contribution in [0.4, 0.5) is 0 Å². The van der Waals surface area contributed by atoms with Crippen LogP contribution in [0.5, 0.6) is 0 Å². The molecule has 0 radical (unpaired) electrons. The summed E-state index contributed by atoms with van der Waals surface area (Å²) in [4.78, 5) is 10.4. The van der Waals surface area contributed by atoms with E-state index in [1.54, 1.807) is 0 Å². The van der Waals surface area contributed by atoms with Crippen LogP contribution in [0.15, 0.2) is 24.3 Å². The highest BCUT2D eigenvalue weighted by Crippen LogP contribution is 2.09. The molecule has 0 aliphatic rings. The van der Waals surface area contributed by atoms with E-state index < -0.39 is 5.97 Å². The molecule has 0 bridgehead atoms. The predicted molar refractivity (Wildman–Crippen MR) is 101 cm³/mol. The maximum absolute atomic E-state index is 10.4. The Bertz CT molecular complexity index is 305. The van der Waals surface area contributed by atoms with E-state index in [0.717, 1.165) is 12.8 Å². The van der Waals surface area contributed by atoms with Gasteiger partial charge in [-0.1, -0.05) is 63.3 Å². The van der Waals surface area contributed by atoms with E-state index in [-0.39, 0.29) is 0 Å². The molecule has 0 heterocycles.